The van der Waals surface area contributed by atoms with Crippen LogP contribution in [0.1, 0.15) is 42.9 Å². The standard InChI is InChI=1S/C20H23ClN2O/c1-15-9-11-16(12-10-15)19-8-3-2-4-13-23(19)20(24)22-18-7-5-6-17(21)14-18/h5-7,9-12,14,19H,2-4,8,13H2,1H3,(H,22,24)/t19-/m1/s1. The van der Waals surface area contributed by atoms with Crippen LogP contribution in [-0.2, 0) is 0 Å². The van der Waals surface area contributed by atoms with E-state index in [1.807, 2.05) is 17.0 Å². The number of hydrogen-bond acceptors (Lipinski definition) is 1. The highest BCUT2D eigenvalue weighted by molar-refractivity contribution is 6.30. The number of benzene rings is 2. The summed E-state index contributed by atoms with van der Waals surface area (Å²) in [4.78, 5) is 14.8. The molecular weight excluding hydrogens is 320 g/mol. The molecule has 1 atom stereocenters. The number of urea groups is 1. The largest absolute Gasteiger partial charge is 0.322 e. The molecule has 0 saturated carbocycles. The number of carbonyl (C=O) groups excluding carboxylic acids is 1. The van der Waals surface area contributed by atoms with Crippen LogP contribution in [0.2, 0.25) is 5.02 Å². The van der Waals surface area contributed by atoms with E-state index in [-0.39, 0.29) is 12.1 Å². The molecule has 0 spiro atoms. The zero-order chi connectivity index (χ0) is 16.9. The Morgan fingerprint density at radius 3 is 2.67 bits per heavy atom. The summed E-state index contributed by atoms with van der Waals surface area (Å²) in [6, 6.07) is 15.9. The molecule has 2 aromatic rings. The van der Waals surface area contributed by atoms with Crippen molar-refractivity contribution in [2.24, 2.45) is 0 Å². The third-order valence-electron chi connectivity index (χ3n) is 4.55. The summed E-state index contributed by atoms with van der Waals surface area (Å²) < 4.78 is 0. The predicted molar refractivity (Wildman–Crippen MR) is 99.6 cm³/mol. The smallest absolute Gasteiger partial charge is 0.317 e. The van der Waals surface area contributed by atoms with E-state index in [9.17, 15) is 4.79 Å². The summed E-state index contributed by atoms with van der Waals surface area (Å²) in [5.74, 6) is 0. The fraction of sp³-hybridized carbons (Fsp3) is 0.350. The summed E-state index contributed by atoms with van der Waals surface area (Å²) in [6.07, 6.45) is 4.38. The van der Waals surface area contributed by atoms with Gasteiger partial charge < -0.3 is 10.2 Å². The monoisotopic (exact) mass is 342 g/mol. The van der Waals surface area contributed by atoms with Crippen molar-refractivity contribution in [3.8, 4) is 0 Å². The molecule has 4 heteroatoms. The number of carbonyl (C=O) groups is 1. The number of halogens is 1. The number of hydrogen-bond donors (Lipinski definition) is 1. The minimum absolute atomic E-state index is 0.0512. The molecule has 2 aromatic carbocycles. The molecule has 0 bridgehead atoms. The first-order valence-corrected chi connectivity index (χ1v) is 8.91. The van der Waals surface area contributed by atoms with Gasteiger partial charge in [-0.15, -0.1) is 0 Å². The normalized spacial score (nSPS) is 18.1. The van der Waals surface area contributed by atoms with E-state index in [2.05, 4.69) is 36.5 Å². The Balaban J connectivity index is 1.81. The topological polar surface area (TPSA) is 32.3 Å². The number of rotatable bonds is 2. The van der Waals surface area contributed by atoms with Gasteiger partial charge in [-0.1, -0.05) is 60.3 Å². The highest BCUT2D eigenvalue weighted by Crippen LogP contribution is 2.31. The number of aryl methyl sites for hydroxylation is 1. The number of likely N-dealkylation sites (tertiary alicyclic amines) is 1. The lowest BCUT2D eigenvalue weighted by Gasteiger charge is -2.30. The number of nitrogens with one attached hydrogen (secondary N) is 1. The average Bonchev–Trinajstić information content (AvgIpc) is 2.81. The fourth-order valence-electron chi connectivity index (χ4n) is 3.25. The fourth-order valence-corrected chi connectivity index (χ4v) is 3.44. The zero-order valence-corrected chi connectivity index (χ0v) is 14.7. The van der Waals surface area contributed by atoms with Gasteiger partial charge in [0.25, 0.3) is 0 Å². The molecule has 126 valence electrons. The molecule has 1 aliphatic rings. The van der Waals surface area contributed by atoms with Crippen molar-refractivity contribution in [1.29, 1.82) is 0 Å². The Kier molecular flexibility index (Phi) is 5.41. The van der Waals surface area contributed by atoms with Crippen molar-refractivity contribution >= 4 is 23.3 Å². The lowest BCUT2D eigenvalue weighted by atomic mass is 10.00. The Hall–Kier alpha value is -2.00. The molecule has 1 aliphatic heterocycles. The van der Waals surface area contributed by atoms with E-state index in [0.29, 0.717) is 5.02 Å². The molecule has 1 N–H and O–H groups in total. The van der Waals surface area contributed by atoms with Gasteiger partial charge in [0.1, 0.15) is 0 Å². The molecule has 0 unspecified atom stereocenters. The third-order valence-corrected chi connectivity index (χ3v) is 4.79. The van der Waals surface area contributed by atoms with Crippen molar-refractivity contribution in [1.82, 2.24) is 4.90 Å². The molecular formula is C20H23ClN2O. The predicted octanol–water partition coefficient (Wildman–Crippen LogP) is 5.80. The van der Waals surface area contributed by atoms with Crippen LogP contribution in [0.25, 0.3) is 0 Å². The van der Waals surface area contributed by atoms with E-state index in [0.717, 1.165) is 31.5 Å². The maximum atomic E-state index is 12.9. The summed E-state index contributed by atoms with van der Waals surface area (Å²) >= 11 is 6.01. The van der Waals surface area contributed by atoms with E-state index < -0.39 is 0 Å². The Bertz CT molecular complexity index is 699. The van der Waals surface area contributed by atoms with Gasteiger partial charge >= 0.3 is 6.03 Å². The van der Waals surface area contributed by atoms with Crippen molar-refractivity contribution in [2.75, 3.05) is 11.9 Å². The lowest BCUT2D eigenvalue weighted by Crippen LogP contribution is -2.38. The lowest BCUT2D eigenvalue weighted by molar-refractivity contribution is 0.189. The second-order valence-electron chi connectivity index (χ2n) is 6.41. The molecule has 1 heterocycles. The van der Waals surface area contributed by atoms with Crippen molar-refractivity contribution < 1.29 is 4.79 Å². The average molecular weight is 343 g/mol. The van der Waals surface area contributed by atoms with E-state index in [1.54, 1.807) is 12.1 Å². The van der Waals surface area contributed by atoms with E-state index in [1.165, 1.54) is 17.5 Å². The Morgan fingerprint density at radius 2 is 1.92 bits per heavy atom. The highest BCUT2D eigenvalue weighted by atomic mass is 35.5. The van der Waals surface area contributed by atoms with Gasteiger partial charge in [-0.25, -0.2) is 4.79 Å². The van der Waals surface area contributed by atoms with Crippen LogP contribution in [0.3, 0.4) is 0 Å². The molecule has 0 aliphatic carbocycles. The molecule has 24 heavy (non-hydrogen) atoms. The van der Waals surface area contributed by atoms with Gasteiger partial charge in [0.05, 0.1) is 6.04 Å². The molecule has 3 rings (SSSR count). The van der Waals surface area contributed by atoms with Crippen LogP contribution >= 0.6 is 11.6 Å². The number of amides is 2. The van der Waals surface area contributed by atoms with Crippen LogP contribution in [0, 0.1) is 6.92 Å². The van der Waals surface area contributed by atoms with Crippen LogP contribution in [0.4, 0.5) is 10.5 Å². The van der Waals surface area contributed by atoms with Crippen LogP contribution < -0.4 is 5.32 Å². The van der Waals surface area contributed by atoms with Crippen molar-refractivity contribution in [3.05, 3.63) is 64.7 Å². The first-order valence-electron chi connectivity index (χ1n) is 8.53. The SMILES string of the molecule is Cc1ccc([C@H]2CCCCCN2C(=O)Nc2cccc(Cl)c2)cc1. The molecule has 1 saturated heterocycles. The maximum Gasteiger partial charge on any atom is 0.322 e. The maximum absolute atomic E-state index is 12.9. The van der Waals surface area contributed by atoms with Crippen molar-refractivity contribution in [2.45, 2.75) is 38.6 Å². The molecule has 1 fully saturated rings. The first kappa shape index (κ1) is 16.8. The first-order chi connectivity index (χ1) is 11.6. The second kappa shape index (κ2) is 7.71. The van der Waals surface area contributed by atoms with Crippen molar-refractivity contribution in [3.63, 3.8) is 0 Å². The summed E-state index contributed by atoms with van der Waals surface area (Å²) in [5, 5.41) is 3.62. The van der Waals surface area contributed by atoms with Crippen LogP contribution in [0.5, 0.6) is 0 Å². The van der Waals surface area contributed by atoms with Gasteiger partial charge in [0.2, 0.25) is 0 Å². The summed E-state index contributed by atoms with van der Waals surface area (Å²) in [6.45, 7) is 2.87. The summed E-state index contributed by atoms with van der Waals surface area (Å²) in [5.41, 5.74) is 3.19. The zero-order valence-electron chi connectivity index (χ0n) is 14.0. The van der Waals surface area contributed by atoms with Crippen LogP contribution in [-0.4, -0.2) is 17.5 Å². The number of anilines is 1. The van der Waals surface area contributed by atoms with Gasteiger partial charge in [-0.3, -0.25) is 0 Å². The van der Waals surface area contributed by atoms with E-state index >= 15 is 0 Å². The molecule has 2 amide bonds. The van der Waals surface area contributed by atoms with Gasteiger partial charge in [0, 0.05) is 17.3 Å². The molecule has 0 aromatic heterocycles. The number of nitrogens with zero attached hydrogens (tertiary/aromatic N) is 1. The molecule has 3 nitrogen and oxygen atoms in total. The Morgan fingerprint density at radius 1 is 1.12 bits per heavy atom. The van der Waals surface area contributed by atoms with Gasteiger partial charge in [0.15, 0.2) is 0 Å². The highest BCUT2D eigenvalue weighted by Gasteiger charge is 2.26. The quantitative estimate of drug-likeness (QED) is 0.735. The minimum atomic E-state index is -0.0512. The minimum Gasteiger partial charge on any atom is -0.317 e. The Labute approximate surface area is 148 Å². The second-order valence-corrected chi connectivity index (χ2v) is 6.85. The van der Waals surface area contributed by atoms with Crippen LogP contribution in [0.15, 0.2) is 48.5 Å². The van der Waals surface area contributed by atoms with E-state index in [4.69, 9.17) is 11.6 Å². The van der Waals surface area contributed by atoms with Gasteiger partial charge in [-0.2, -0.15) is 0 Å². The summed E-state index contributed by atoms with van der Waals surface area (Å²) in [7, 11) is 0. The van der Waals surface area contributed by atoms with Gasteiger partial charge in [-0.05, 0) is 43.5 Å². The third kappa shape index (κ3) is 4.09. The molecule has 0 radical (unpaired) electrons.